The maximum atomic E-state index is 13.1. The van der Waals surface area contributed by atoms with Crippen LogP contribution in [0.4, 0.5) is 0 Å². The molecule has 184 valence electrons. The maximum Gasteiger partial charge on any atom is 0.477 e. The molecular weight excluding hydrogens is 465 g/mol. The van der Waals surface area contributed by atoms with Gasteiger partial charge in [-0.25, -0.2) is 4.57 Å². The van der Waals surface area contributed by atoms with E-state index in [4.69, 9.17) is 38.0 Å². The minimum atomic E-state index is -4.36. The normalized spacial score (nSPS) is 24.6. The molecule has 0 saturated carbocycles. The monoisotopic (exact) mass is 491 g/mol. The van der Waals surface area contributed by atoms with Crippen molar-refractivity contribution in [2.45, 2.75) is 51.4 Å². The largest absolute Gasteiger partial charge is 0.477 e. The van der Waals surface area contributed by atoms with E-state index >= 15 is 0 Å². The Kier molecular flexibility index (Phi) is 11.8. The van der Waals surface area contributed by atoms with Crippen molar-refractivity contribution in [2.24, 2.45) is 5.11 Å². The van der Waals surface area contributed by atoms with E-state index in [0.717, 1.165) is 20.8 Å². The van der Waals surface area contributed by atoms with Gasteiger partial charge in [0.15, 0.2) is 18.5 Å². The molecule has 1 heterocycles. The summed E-state index contributed by atoms with van der Waals surface area (Å²) in [6.45, 7) is 9.20. The number of azide groups is 1. The molecule has 0 amide bonds. The number of hydrogen-bond acceptors (Lipinski definition) is 12. The SMILES string of the molecule is C=CCOP(=O)(OCC=C)O[C@@H]1O[C@H](COC(C)=O)[C@@H](OC(C)=O)[C@H](OC(C)=O)[C@@H]1N=[N+]=[N-]. The second-order valence-corrected chi connectivity index (χ2v) is 8.03. The van der Waals surface area contributed by atoms with Crippen molar-refractivity contribution in [3.63, 3.8) is 0 Å². The Bertz CT molecular complexity index is 813. The molecule has 1 aliphatic heterocycles. The molecule has 0 aromatic heterocycles. The van der Waals surface area contributed by atoms with Crippen LogP contribution in [0.1, 0.15) is 20.8 Å². The first kappa shape index (κ1) is 28.3. The third-order valence-corrected chi connectivity index (χ3v) is 5.19. The molecule has 33 heavy (non-hydrogen) atoms. The fraction of sp³-hybridized carbons (Fsp3) is 0.611. The van der Waals surface area contributed by atoms with Crippen LogP contribution in [0.15, 0.2) is 30.4 Å². The van der Waals surface area contributed by atoms with E-state index in [0.29, 0.717) is 0 Å². The summed E-state index contributed by atoms with van der Waals surface area (Å²) in [5.74, 6) is -2.30. The smallest absolute Gasteiger partial charge is 0.463 e. The molecule has 0 radical (unpaired) electrons. The molecule has 15 heteroatoms. The molecule has 1 saturated heterocycles. The van der Waals surface area contributed by atoms with E-state index in [1.807, 2.05) is 0 Å². The highest BCUT2D eigenvalue weighted by atomic mass is 31.2. The third kappa shape index (κ3) is 9.34. The highest BCUT2D eigenvalue weighted by molar-refractivity contribution is 7.48. The van der Waals surface area contributed by atoms with E-state index in [2.05, 4.69) is 23.2 Å². The van der Waals surface area contributed by atoms with Crippen molar-refractivity contribution in [1.82, 2.24) is 0 Å². The Balaban J connectivity index is 3.43. The molecule has 0 N–H and O–H groups in total. The van der Waals surface area contributed by atoms with Crippen LogP contribution in [0.5, 0.6) is 0 Å². The summed E-state index contributed by atoms with van der Waals surface area (Å²) < 4.78 is 49.7. The molecule has 1 rings (SSSR count). The van der Waals surface area contributed by atoms with Crippen molar-refractivity contribution in [3.8, 4) is 0 Å². The first-order valence-corrected chi connectivity index (χ1v) is 11.0. The third-order valence-electron chi connectivity index (χ3n) is 3.79. The fourth-order valence-electron chi connectivity index (χ4n) is 2.67. The summed E-state index contributed by atoms with van der Waals surface area (Å²) >= 11 is 0. The Morgan fingerprint density at radius 2 is 1.58 bits per heavy atom. The number of esters is 3. The summed E-state index contributed by atoms with van der Waals surface area (Å²) in [4.78, 5) is 37.4. The minimum Gasteiger partial charge on any atom is -0.463 e. The summed E-state index contributed by atoms with van der Waals surface area (Å²) in [6, 6.07) is -1.51. The highest BCUT2D eigenvalue weighted by Crippen LogP contribution is 2.52. The van der Waals surface area contributed by atoms with Gasteiger partial charge in [-0.1, -0.05) is 17.3 Å². The molecule has 0 aromatic rings. The van der Waals surface area contributed by atoms with Gasteiger partial charge >= 0.3 is 25.7 Å². The predicted octanol–water partition coefficient (Wildman–Crippen LogP) is 2.35. The van der Waals surface area contributed by atoms with E-state index in [-0.39, 0.29) is 13.2 Å². The standard InChI is InChI=1S/C18H26N3O11P/c1-6-8-27-33(25,28-9-7-2)32-18-15(20-21-19)17(30-13(5)24)16(29-12(4)23)14(31-18)10-26-11(3)22/h6-7,14-18H,1-2,8-10H2,3-5H3/t14-,15+,16-,17-,18+/m1/s1. The summed E-state index contributed by atoms with van der Waals surface area (Å²) in [5, 5.41) is 3.51. The van der Waals surface area contributed by atoms with Gasteiger partial charge in [0.25, 0.3) is 0 Å². The first-order chi connectivity index (χ1) is 15.6. The molecule has 14 nitrogen and oxygen atoms in total. The number of nitrogens with zero attached hydrogens (tertiary/aromatic N) is 3. The zero-order chi connectivity index (χ0) is 25.0. The number of carbonyl (C=O) groups excluding carboxylic acids is 3. The molecule has 0 spiro atoms. The van der Waals surface area contributed by atoms with Crippen molar-refractivity contribution < 1.29 is 51.5 Å². The van der Waals surface area contributed by atoms with Crippen LogP contribution in [0.25, 0.3) is 10.4 Å². The lowest BCUT2D eigenvalue weighted by Gasteiger charge is -2.43. The van der Waals surface area contributed by atoms with Crippen LogP contribution in [-0.4, -0.2) is 68.4 Å². The average molecular weight is 491 g/mol. The van der Waals surface area contributed by atoms with Gasteiger partial charge in [-0.2, -0.15) is 0 Å². The lowest BCUT2D eigenvalue weighted by molar-refractivity contribution is -0.256. The predicted molar refractivity (Wildman–Crippen MR) is 110 cm³/mol. The van der Waals surface area contributed by atoms with Gasteiger partial charge < -0.3 is 18.9 Å². The number of hydrogen-bond donors (Lipinski definition) is 0. The quantitative estimate of drug-likeness (QED) is 0.0701. The number of phosphoric acid groups is 1. The minimum absolute atomic E-state index is 0.242. The topological polar surface area (TPSA) is 182 Å². The Morgan fingerprint density at radius 1 is 1.03 bits per heavy atom. The van der Waals surface area contributed by atoms with E-state index in [9.17, 15) is 18.9 Å². The van der Waals surface area contributed by atoms with Crippen LogP contribution in [0.2, 0.25) is 0 Å². The maximum absolute atomic E-state index is 13.1. The second-order valence-electron chi connectivity index (χ2n) is 6.41. The van der Waals surface area contributed by atoms with Crippen molar-refractivity contribution in [3.05, 3.63) is 35.8 Å². The van der Waals surface area contributed by atoms with Crippen LogP contribution < -0.4 is 0 Å². The number of carbonyl (C=O) groups is 3. The van der Waals surface area contributed by atoms with Crippen LogP contribution in [0.3, 0.4) is 0 Å². The van der Waals surface area contributed by atoms with E-state index in [1.54, 1.807) is 0 Å². The first-order valence-electron chi connectivity index (χ1n) is 9.53. The zero-order valence-corrected chi connectivity index (χ0v) is 19.3. The molecule has 5 atom stereocenters. The van der Waals surface area contributed by atoms with Crippen molar-refractivity contribution >= 4 is 25.7 Å². The molecule has 1 fully saturated rings. The van der Waals surface area contributed by atoms with Crippen LogP contribution in [0, 0.1) is 0 Å². The van der Waals surface area contributed by atoms with E-state index < -0.39 is 63.0 Å². The number of phosphoric ester groups is 1. The molecule has 1 aliphatic rings. The van der Waals surface area contributed by atoms with E-state index in [1.165, 1.54) is 12.2 Å². The van der Waals surface area contributed by atoms with Gasteiger partial charge in [-0.3, -0.25) is 28.0 Å². The summed E-state index contributed by atoms with van der Waals surface area (Å²) in [7, 11) is -4.36. The van der Waals surface area contributed by atoms with Crippen molar-refractivity contribution in [2.75, 3.05) is 19.8 Å². The van der Waals surface area contributed by atoms with Crippen LogP contribution in [-0.2, 0) is 51.5 Å². The molecule has 0 bridgehead atoms. The lowest BCUT2D eigenvalue weighted by atomic mass is 9.97. The Labute approximate surface area is 190 Å². The van der Waals surface area contributed by atoms with Gasteiger partial charge in [0.05, 0.1) is 13.2 Å². The number of ether oxygens (including phenoxy) is 4. The molecule has 0 unspecified atom stereocenters. The van der Waals surface area contributed by atoms with Crippen molar-refractivity contribution in [1.29, 1.82) is 0 Å². The summed E-state index contributed by atoms with van der Waals surface area (Å²) in [5.41, 5.74) is 9.05. The molecule has 0 aliphatic carbocycles. The zero-order valence-electron chi connectivity index (χ0n) is 18.4. The van der Waals surface area contributed by atoms with Gasteiger partial charge in [-0.15, -0.1) is 13.2 Å². The second kappa shape index (κ2) is 13.7. The summed E-state index contributed by atoms with van der Waals surface area (Å²) in [6.07, 6.45) is -3.25. The van der Waals surface area contributed by atoms with Crippen LogP contribution >= 0.6 is 7.82 Å². The highest BCUT2D eigenvalue weighted by Gasteiger charge is 2.52. The van der Waals surface area contributed by atoms with Gasteiger partial charge in [0.2, 0.25) is 0 Å². The molecular formula is C18H26N3O11P. The molecule has 0 aromatic carbocycles. The van der Waals surface area contributed by atoms with Gasteiger partial charge in [-0.05, 0) is 5.53 Å². The Hall–Kier alpha value is -2.73. The van der Waals surface area contributed by atoms with Gasteiger partial charge in [0, 0.05) is 25.7 Å². The average Bonchev–Trinajstić information content (AvgIpc) is 2.73. The van der Waals surface area contributed by atoms with Gasteiger partial charge in [0.1, 0.15) is 18.8 Å². The lowest BCUT2D eigenvalue weighted by Crippen LogP contribution is -2.61. The Morgan fingerprint density at radius 3 is 2.03 bits per heavy atom. The fourth-order valence-corrected chi connectivity index (χ4v) is 3.87. The number of rotatable bonds is 13.